The van der Waals surface area contributed by atoms with Crippen LogP contribution in [-0.4, -0.2) is 38.9 Å². The summed E-state index contributed by atoms with van der Waals surface area (Å²) in [5, 5.41) is 8.76. The van der Waals surface area contributed by atoms with Gasteiger partial charge in [0.25, 0.3) is 5.78 Å². The second-order valence-corrected chi connectivity index (χ2v) is 9.48. The van der Waals surface area contributed by atoms with Crippen LogP contribution in [-0.2, 0) is 0 Å². The minimum atomic E-state index is -4.06. The number of halogens is 4. The molecule has 5 rings (SSSR count). The fourth-order valence-corrected chi connectivity index (χ4v) is 3.75. The molecular formula is C25H27F4N5O. The quantitative estimate of drug-likeness (QED) is 0.284. The Morgan fingerprint density at radius 3 is 2.34 bits per heavy atom. The van der Waals surface area contributed by atoms with Crippen LogP contribution in [0.5, 0.6) is 5.75 Å². The molecule has 3 heterocycles. The number of para-hydroxylation sites is 1. The van der Waals surface area contributed by atoms with Crippen molar-refractivity contribution in [3.05, 3.63) is 53.6 Å². The second kappa shape index (κ2) is 8.98. The second-order valence-electron chi connectivity index (χ2n) is 9.48. The van der Waals surface area contributed by atoms with E-state index in [4.69, 9.17) is 9.72 Å². The number of aryl methyl sites for hydroxylation is 2. The summed E-state index contributed by atoms with van der Waals surface area (Å²) in [5.41, 5.74) is 1.08. The lowest BCUT2D eigenvalue weighted by Gasteiger charge is -2.25. The SMILES string of the molecule is CC(C)(C)C(F)(F)F.Cc1cccc2c1OCCCN2c1nc2nnc(C)n2c2cccc(F)c12. The molecular weight excluding hydrogens is 462 g/mol. The number of hydrogen-bond acceptors (Lipinski definition) is 5. The summed E-state index contributed by atoms with van der Waals surface area (Å²) in [5.74, 6) is 2.18. The molecule has 0 saturated carbocycles. The predicted octanol–water partition coefficient (Wildman–Crippen LogP) is 6.55. The first-order valence-electron chi connectivity index (χ1n) is 11.3. The Bertz CT molecular complexity index is 1360. The summed E-state index contributed by atoms with van der Waals surface area (Å²) in [6.07, 6.45) is -3.25. The first-order valence-corrected chi connectivity index (χ1v) is 11.3. The maximum atomic E-state index is 15.0. The number of anilines is 2. The van der Waals surface area contributed by atoms with Crippen molar-refractivity contribution in [3.63, 3.8) is 0 Å². The average molecular weight is 490 g/mol. The first-order chi connectivity index (χ1) is 16.4. The van der Waals surface area contributed by atoms with Crippen LogP contribution in [0.3, 0.4) is 0 Å². The molecule has 10 heteroatoms. The molecule has 0 amide bonds. The van der Waals surface area contributed by atoms with Crippen LogP contribution in [0.1, 0.15) is 38.6 Å². The minimum Gasteiger partial charge on any atom is -0.491 e. The molecule has 0 aliphatic carbocycles. The molecule has 1 aliphatic rings. The molecule has 0 saturated heterocycles. The average Bonchev–Trinajstić information content (AvgIpc) is 3.00. The van der Waals surface area contributed by atoms with Crippen molar-refractivity contribution in [1.82, 2.24) is 19.6 Å². The van der Waals surface area contributed by atoms with Crippen LogP contribution in [0, 0.1) is 25.1 Å². The largest absolute Gasteiger partial charge is 0.491 e. The maximum absolute atomic E-state index is 15.0. The summed E-state index contributed by atoms with van der Waals surface area (Å²) >= 11 is 0. The van der Waals surface area contributed by atoms with Crippen molar-refractivity contribution in [2.45, 2.75) is 47.2 Å². The van der Waals surface area contributed by atoms with Crippen molar-refractivity contribution in [2.24, 2.45) is 5.41 Å². The standard InChI is InChI=1S/C20H18FN5O.C5H9F3/c1-12-6-3-9-16-18(12)27-11-5-10-25(16)19-17-14(21)7-4-8-15(17)26-13(2)23-24-20(26)22-19;1-4(2,3)5(6,7)8/h3-4,6-9H,5,10-11H2,1-2H3;1-3H3. The van der Waals surface area contributed by atoms with E-state index < -0.39 is 11.6 Å². The Kier molecular flexibility index (Phi) is 6.33. The van der Waals surface area contributed by atoms with Gasteiger partial charge in [0.15, 0.2) is 0 Å². The number of alkyl halides is 3. The van der Waals surface area contributed by atoms with Crippen molar-refractivity contribution in [2.75, 3.05) is 18.1 Å². The molecule has 4 aromatic rings. The van der Waals surface area contributed by atoms with Gasteiger partial charge in [0.05, 0.1) is 28.6 Å². The Hall–Kier alpha value is -3.43. The van der Waals surface area contributed by atoms with Gasteiger partial charge in [-0.1, -0.05) is 39.0 Å². The number of rotatable bonds is 1. The van der Waals surface area contributed by atoms with Crippen molar-refractivity contribution in [3.8, 4) is 5.75 Å². The molecule has 1 aliphatic heterocycles. The zero-order valence-electron chi connectivity index (χ0n) is 20.2. The van der Waals surface area contributed by atoms with Crippen LogP contribution >= 0.6 is 0 Å². The topological polar surface area (TPSA) is 55.5 Å². The summed E-state index contributed by atoms with van der Waals surface area (Å²) < 4.78 is 57.4. The number of hydrogen-bond donors (Lipinski definition) is 0. The van der Waals surface area contributed by atoms with Crippen molar-refractivity contribution in [1.29, 1.82) is 0 Å². The van der Waals surface area contributed by atoms with Gasteiger partial charge in [0.2, 0.25) is 0 Å². The van der Waals surface area contributed by atoms with E-state index in [0.717, 1.165) is 44.2 Å². The Morgan fingerprint density at radius 2 is 1.66 bits per heavy atom. The molecule has 35 heavy (non-hydrogen) atoms. The van der Waals surface area contributed by atoms with E-state index in [2.05, 4.69) is 10.2 Å². The number of aromatic nitrogens is 4. The number of benzene rings is 2. The van der Waals surface area contributed by atoms with E-state index >= 15 is 0 Å². The van der Waals surface area contributed by atoms with Crippen LogP contribution in [0.2, 0.25) is 0 Å². The third-order valence-corrected chi connectivity index (χ3v) is 5.83. The highest BCUT2D eigenvalue weighted by Gasteiger charge is 2.42. The zero-order valence-corrected chi connectivity index (χ0v) is 20.2. The van der Waals surface area contributed by atoms with Gasteiger partial charge in [0, 0.05) is 6.54 Å². The van der Waals surface area contributed by atoms with Crippen LogP contribution in [0.4, 0.5) is 29.1 Å². The summed E-state index contributed by atoms with van der Waals surface area (Å²) in [6.45, 7) is 8.58. The third kappa shape index (κ3) is 4.61. The van der Waals surface area contributed by atoms with Gasteiger partial charge in [-0.05, 0) is 44.0 Å². The van der Waals surface area contributed by atoms with Gasteiger partial charge >= 0.3 is 6.18 Å². The van der Waals surface area contributed by atoms with E-state index in [9.17, 15) is 17.6 Å². The van der Waals surface area contributed by atoms with Gasteiger partial charge in [-0.2, -0.15) is 18.2 Å². The van der Waals surface area contributed by atoms with E-state index in [-0.39, 0.29) is 5.82 Å². The molecule has 0 fully saturated rings. The highest BCUT2D eigenvalue weighted by atomic mass is 19.4. The molecule has 2 aromatic heterocycles. The molecule has 0 N–H and O–H groups in total. The predicted molar refractivity (Wildman–Crippen MR) is 127 cm³/mol. The van der Waals surface area contributed by atoms with Gasteiger partial charge < -0.3 is 9.64 Å². The number of fused-ring (bicyclic) bond motifs is 4. The smallest absolute Gasteiger partial charge is 0.393 e. The maximum Gasteiger partial charge on any atom is 0.393 e. The Morgan fingerprint density at radius 1 is 0.971 bits per heavy atom. The lowest BCUT2D eigenvalue weighted by Crippen LogP contribution is -2.28. The Balaban J connectivity index is 0.000000314. The lowest BCUT2D eigenvalue weighted by molar-refractivity contribution is -0.204. The molecule has 2 aromatic carbocycles. The van der Waals surface area contributed by atoms with Gasteiger partial charge in [-0.25, -0.2) is 4.39 Å². The van der Waals surface area contributed by atoms with Gasteiger partial charge in [-0.15, -0.1) is 10.2 Å². The van der Waals surface area contributed by atoms with Gasteiger partial charge in [-0.3, -0.25) is 4.40 Å². The molecule has 0 bridgehead atoms. The fourth-order valence-electron chi connectivity index (χ4n) is 3.75. The van der Waals surface area contributed by atoms with E-state index in [1.807, 2.05) is 43.0 Å². The minimum absolute atomic E-state index is 0.315. The van der Waals surface area contributed by atoms with E-state index in [0.29, 0.717) is 41.5 Å². The van der Waals surface area contributed by atoms with Crippen LogP contribution in [0.25, 0.3) is 16.7 Å². The Labute approximate surface area is 200 Å². The van der Waals surface area contributed by atoms with Crippen molar-refractivity contribution >= 4 is 28.2 Å². The molecule has 186 valence electrons. The number of ether oxygens (including phenoxy) is 1. The summed E-state index contributed by atoms with van der Waals surface area (Å²) in [6, 6.07) is 11.0. The lowest BCUT2D eigenvalue weighted by atomic mass is 9.96. The highest BCUT2D eigenvalue weighted by molar-refractivity contribution is 5.94. The van der Waals surface area contributed by atoms with E-state index in [1.54, 1.807) is 10.5 Å². The summed E-state index contributed by atoms with van der Waals surface area (Å²) in [4.78, 5) is 6.73. The number of nitrogens with zero attached hydrogens (tertiary/aromatic N) is 5. The van der Waals surface area contributed by atoms with Gasteiger partial charge in [0.1, 0.15) is 23.2 Å². The third-order valence-electron chi connectivity index (χ3n) is 5.83. The summed E-state index contributed by atoms with van der Waals surface area (Å²) in [7, 11) is 0. The molecule has 0 unspecified atom stereocenters. The normalized spacial score (nSPS) is 14.3. The van der Waals surface area contributed by atoms with Crippen LogP contribution in [0.15, 0.2) is 36.4 Å². The molecule has 0 spiro atoms. The monoisotopic (exact) mass is 489 g/mol. The van der Waals surface area contributed by atoms with Crippen molar-refractivity contribution < 1.29 is 22.3 Å². The zero-order chi connectivity index (χ0) is 25.5. The highest BCUT2D eigenvalue weighted by Crippen LogP contribution is 2.40. The molecule has 0 atom stereocenters. The van der Waals surface area contributed by atoms with Crippen LogP contribution < -0.4 is 9.64 Å². The molecule has 6 nitrogen and oxygen atoms in total. The van der Waals surface area contributed by atoms with E-state index in [1.165, 1.54) is 6.07 Å². The molecule has 0 radical (unpaired) electrons. The fraction of sp³-hybridized carbons (Fsp3) is 0.400. The first kappa shape index (κ1) is 24.7.